The minimum Gasteiger partial charge on any atom is -0.349 e. The molecule has 0 aromatic rings. The predicted molar refractivity (Wildman–Crippen MR) is 47.4 cm³/mol. The largest absolute Gasteiger partial charge is 0.349 e. The Morgan fingerprint density at radius 2 is 2.00 bits per heavy atom. The molecule has 0 heterocycles. The lowest BCUT2D eigenvalue weighted by atomic mass is 10.2. The van der Waals surface area contributed by atoms with Crippen molar-refractivity contribution in [1.29, 1.82) is 0 Å². The zero-order valence-corrected chi connectivity index (χ0v) is 7.63. The monoisotopic (exact) mass is 155 g/mol. The summed E-state index contributed by atoms with van der Waals surface area (Å²) in [7, 11) is 3.57. The van der Waals surface area contributed by atoms with Crippen LogP contribution in [0.5, 0.6) is 0 Å². The van der Waals surface area contributed by atoms with E-state index >= 15 is 0 Å². The van der Waals surface area contributed by atoms with Gasteiger partial charge >= 0.3 is 0 Å². The molecule has 0 bridgehead atoms. The SMILES string of the molecule is CC/C=C/CCC(=O)N(C)C. The summed E-state index contributed by atoms with van der Waals surface area (Å²) in [5.74, 6) is 0.200. The van der Waals surface area contributed by atoms with E-state index in [4.69, 9.17) is 0 Å². The Balaban J connectivity index is 3.39. The Labute approximate surface area is 68.9 Å². The van der Waals surface area contributed by atoms with Crippen molar-refractivity contribution in [3.8, 4) is 0 Å². The Kier molecular flexibility index (Phi) is 5.53. The molecule has 0 spiro atoms. The van der Waals surface area contributed by atoms with Gasteiger partial charge in [0.15, 0.2) is 0 Å². The molecule has 1 amide bonds. The third kappa shape index (κ3) is 5.64. The molecule has 0 fully saturated rings. The molecular formula is C9H17NO. The molecule has 2 heteroatoms. The fraction of sp³-hybridized carbons (Fsp3) is 0.667. The van der Waals surface area contributed by atoms with Crippen LogP contribution in [0.25, 0.3) is 0 Å². The molecule has 0 aliphatic rings. The Bertz CT molecular complexity index is 138. The fourth-order valence-electron chi connectivity index (χ4n) is 0.715. The summed E-state index contributed by atoms with van der Waals surface area (Å²) in [6.07, 6.45) is 6.69. The van der Waals surface area contributed by atoms with Crippen molar-refractivity contribution in [2.45, 2.75) is 26.2 Å². The first-order valence-corrected chi connectivity index (χ1v) is 4.03. The number of carbonyl (C=O) groups is 1. The summed E-state index contributed by atoms with van der Waals surface area (Å²) in [6.45, 7) is 2.09. The molecule has 0 aliphatic heterocycles. The van der Waals surface area contributed by atoms with Gasteiger partial charge in [-0.15, -0.1) is 0 Å². The number of carbonyl (C=O) groups excluding carboxylic acids is 1. The first-order chi connectivity index (χ1) is 5.18. The van der Waals surface area contributed by atoms with Crippen LogP contribution in [0.15, 0.2) is 12.2 Å². The van der Waals surface area contributed by atoms with Gasteiger partial charge < -0.3 is 4.90 Å². The van der Waals surface area contributed by atoms with Crippen LogP contribution in [0.4, 0.5) is 0 Å². The third-order valence-electron chi connectivity index (χ3n) is 1.43. The topological polar surface area (TPSA) is 20.3 Å². The van der Waals surface area contributed by atoms with Crippen LogP contribution >= 0.6 is 0 Å². The highest BCUT2D eigenvalue weighted by molar-refractivity contribution is 5.75. The van der Waals surface area contributed by atoms with Crippen LogP contribution in [-0.4, -0.2) is 24.9 Å². The van der Waals surface area contributed by atoms with Gasteiger partial charge in [0.05, 0.1) is 0 Å². The highest BCUT2D eigenvalue weighted by atomic mass is 16.2. The molecule has 2 nitrogen and oxygen atoms in total. The number of allylic oxidation sites excluding steroid dienone is 2. The maximum absolute atomic E-state index is 11.0. The highest BCUT2D eigenvalue weighted by Gasteiger charge is 1.99. The molecule has 0 saturated carbocycles. The lowest BCUT2D eigenvalue weighted by molar-refractivity contribution is -0.128. The second-order valence-electron chi connectivity index (χ2n) is 2.71. The van der Waals surface area contributed by atoms with Crippen molar-refractivity contribution >= 4 is 5.91 Å². The lowest BCUT2D eigenvalue weighted by Crippen LogP contribution is -2.20. The van der Waals surface area contributed by atoms with Gasteiger partial charge in [0, 0.05) is 20.5 Å². The van der Waals surface area contributed by atoms with Gasteiger partial charge in [0.25, 0.3) is 0 Å². The van der Waals surface area contributed by atoms with Gasteiger partial charge in [0.2, 0.25) is 5.91 Å². The van der Waals surface area contributed by atoms with Crippen molar-refractivity contribution in [3.63, 3.8) is 0 Å². The Morgan fingerprint density at radius 1 is 1.36 bits per heavy atom. The van der Waals surface area contributed by atoms with E-state index < -0.39 is 0 Å². The number of rotatable bonds is 4. The number of hydrogen-bond acceptors (Lipinski definition) is 1. The molecule has 11 heavy (non-hydrogen) atoms. The van der Waals surface area contributed by atoms with Crippen molar-refractivity contribution in [2.24, 2.45) is 0 Å². The summed E-state index contributed by atoms with van der Waals surface area (Å²) in [6, 6.07) is 0. The van der Waals surface area contributed by atoms with E-state index in [-0.39, 0.29) is 5.91 Å². The average Bonchev–Trinajstić information content (AvgIpc) is 1.97. The fourth-order valence-corrected chi connectivity index (χ4v) is 0.715. The molecule has 0 rings (SSSR count). The second-order valence-corrected chi connectivity index (χ2v) is 2.71. The van der Waals surface area contributed by atoms with Gasteiger partial charge in [0.1, 0.15) is 0 Å². The highest BCUT2D eigenvalue weighted by Crippen LogP contribution is 1.95. The lowest BCUT2D eigenvalue weighted by Gasteiger charge is -2.07. The van der Waals surface area contributed by atoms with Gasteiger partial charge in [-0.1, -0.05) is 19.1 Å². The van der Waals surface area contributed by atoms with Crippen LogP contribution in [0.1, 0.15) is 26.2 Å². The van der Waals surface area contributed by atoms with E-state index in [2.05, 4.69) is 19.1 Å². The number of nitrogens with zero attached hydrogens (tertiary/aromatic N) is 1. The molecule has 0 aromatic carbocycles. The molecule has 0 unspecified atom stereocenters. The van der Waals surface area contributed by atoms with Crippen molar-refractivity contribution in [3.05, 3.63) is 12.2 Å². The molecule has 0 aliphatic carbocycles. The van der Waals surface area contributed by atoms with Crippen molar-refractivity contribution in [1.82, 2.24) is 4.90 Å². The minimum absolute atomic E-state index is 0.200. The van der Waals surface area contributed by atoms with Crippen molar-refractivity contribution < 1.29 is 4.79 Å². The normalized spacial score (nSPS) is 10.5. The molecule has 0 aromatic heterocycles. The first kappa shape index (κ1) is 10.2. The molecule has 0 radical (unpaired) electrons. The number of hydrogen-bond donors (Lipinski definition) is 0. The zero-order chi connectivity index (χ0) is 8.69. The molecule has 0 atom stereocenters. The summed E-state index contributed by atoms with van der Waals surface area (Å²) in [5.41, 5.74) is 0. The summed E-state index contributed by atoms with van der Waals surface area (Å²) >= 11 is 0. The maximum Gasteiger partial charge on any atom is 0.222 e. The van der Waals surface area contributed by atoms with Crippen LogP contribution in [-0.2, 0) is 4.79 Å². The smallest absolute Gasteiger partial charge is 0.222 e. The zero-order valence-electron chi connectivity index (χ0n) is 7.63. The van der Waals surface area contributed by atoms with Crippen molar-refractivity contribution in [2.75, 3.05) is 14.1 Å². The molecule has 0 saturated heterocycles. The summed E-state index contributed by atoms with van der Waals surface area (Å²) in [4.78, 5) is 12.6. The summed E-state index contributed by atoms with van der Waals surface area (Å²) in [5, 5.41) is 0. The van der Waals surface area contributed by atoms with Crippen LogP contribution < -0.4 is 0 Å². The molecule has 0 N–H and O–H groups in total. The van der Waals surface area contributed by atoms with E-state index in [1.807, 2.05) is 0 Å². The van der Waals surface area contributed by atoms with Crippen LogP contribution in [0.2, 0.25) is 0 Å². The predicted octanol–water partition coefficient (Wildman–Crippen LogP) is 1.82. The van der Waals surface area contributed by atoms with Gasteiger partial charge in [-0.25, -0.2) is 0 Å². The van der Waals surface area contributed by atoms with Crippen LogP contribution in [0, 0.1) is 0 Å². The van der Waals surface area contributed by atoms with E-state index in [9.17, 15) is 4.79 Å². The van der Waals surface area contributed by atoms with Gasteiger partial charge in [-0.05, 0) is 12.8 Å². The minimum atomic E-state index is 0.200. The van der Waals surface area contributed by atoms with Gasteiger partial charge in [-0.3, -0.25) is 4.79 Å². The first-order valence-electron chi connectivity index (χ1n) is 4.03. The van der Waals surface area contributed by atoms with Gasteiger partial charge in [-0.2, -0.15) is 0 Å². The second kappa shape index (κ2) is 5.96. The molecule has 64 valence electrons. The summed E-state index contributed by atoms with van der Waals surface area (Å²) < 4.78 is 0. The van der Waals surface area contributed by atoms with E-state index in [1.165, 1.54) is 0 Å². The molecular weight excluding hydrogens is 138 g/mol. The van der Waals surface area contributed by atoms with E-state index in [1.54, 1.807) is 19.0 Å². The average molecular weight is 155 g/mol. The van der Waals surface area contributed by atoms with E-state index in [0.717, 1.165) is 12.8 Å². The Morgan fingerprint density at radius 3 is 2.45 bits per heavy atom. The van der Waals surface area contributed by atoms with E-state index in [0.29, 0.717) is 6.42 Å². The quantitative estimate of drug-likeness (QED) is 0.567. The van der Waals surface area contributed by atoms with Crippen LogP contribution in [0.3, 0.4) is 0 Å². The standard InChI is InChI=1S/C9H17NO/c1-4-5-6-7-8-9(11)10(2)3/h5-6H,4,7-8H2,1-3H3/b6-5+. The third-order valence-corrected chi connectivity index (χ3v) is 1.43. The Hall–Kier alpha value is -0.790. The number of amides is 1. The maximum atomic E-state index is 11.0.